The topological polar surface area (TPSA) is 125 Å². The molecule has 86 valence electrons. The Kier molecular flexibility index (Phi) is 4.25. The van der Waals surface area contributed by atoms with Crippen molar-refractivity contribution in [3.05, 3.63) is 12.4 Å². The SMILES string of the molecule is O=P(O)(OCC(O)CO)Oc1ncc[nH]1. The van der Waals surface area contributed by atoms with E-state index in [4.69, 9.17) is 15.1 Å². The van der Waals surface area contributed by atoms with E-state index in [2.05, 4.69) is 19.0 Å². The van der Waals surface area contributed by atoms with Gasteiger partial charge < -0.3 is 19.7 Å². The van der Waals surface area contributed by atoms with E-state index in [0.717, 1.165) is 0 Å². The first kappa shape index (κ1) is 12.2. The summed E-state index contributed by atoms with van der Waals surface area (Å²) in [5.41, 5.74) is 0. The molecule has 0 aliphatic heterocycles. The van der Waals surface area contributed by atoms with Gasteiger partial charge in [-0.25, -0.2) is 9.55 Å². The molecule has 4 N–H and O–H groups in total. The lowest BCUT2D eigenvalue weighted by Gasteiger charge is -2.12. The predicted molar refractivity (Wildman–Crippen MR) is 48.1 cm³/mol. The van der Waals surface area contributed by atoms with E-state index in [-0.39, 0.29) is 6.01 Å². The molecular formula is C6H11N2O6P. The van der Waals surface area contributed by atoms with E-state index in [9.17, 15) is 4.57 Å². The van der Waals surface area contributed by atoms with E-state index >= 15 is 0 Å². The van der Waals surface area contributed by atoms with Gasteiger partial charge in [-0.3, -0.25) is 9.42 Å². The number of phosphoric ester groups is 1. The number of hydrogen-bond acceptors (Lipinski definition) is 6. The third-order valence-electron chi connectivity index (χ3n) is 1.32. The van der Waals surface area contributed by atoms with Gasteiger partial charge in [0.15, 0.2) is 0 Å². The van der Waals surface area contributed by atoms with Crippen LogP contribution in [-0.4, -0.2) is 44.4 Å². The minimum Gasteiger partial charge on any atom is -0.394 e. The molecule has 0 aliphatic rings. The van der Waals surface area contributed by atoms with Crippen molar-refractivity contribution >= 4 is 7.82 Å². The van der Waals surface area contributed by atoms with Crippen LogP contribution in [-0.2, 0) is 9.09 Å². The molecule has 8 nitrogen and oxygen atoms in total. The molecule has 9 heteroatoms. The van der Waals surface area contributed by atoms with Crippen LogP contribution in [0.15, 0.2) is 12.4 Å². The highest BCUT2D eigenvalue weighted by Crippen LogP contribution is 2.42. The maximum absolute atomic E-state index is 11.2. The zero-order valence-electron chi connectivity index (χ0n) is 7.61. The smallest absolute Gasteiger partial charge is 0.394 e. The predicted octanol–water partition coefficient (Wildman–Crippen LogP) is -0.741. The zero-order valence-corrected chi connectivity index (χ0v) is 8.50. The van der Waals surface area contributed by atoms with E-state index < -0.39 is 27.1 Å². The summed E-state index contributed by atoms with van der Waals surface area (Å²) >= 11 is 0. The van der Waals surface area contributed by atoms with Crippen LogP contribution in [0.5, 0.6) is 6.01 Å². The van der Waals surface area contributed by atoms with Gasteiger partial charge in [-0.2, -0.15) is 0 Å². The summed E-state index contributed by atoms with van der Waals surface area (Å²) in [6.07, 6.45) is 1.50. The molecule has 15 heavy (non-hydrogen) atoms. The van der Waals surface area contributed by atoms with Crippen molar-refractivity contribution in [2.24, 2.45) is 0 Å². The summed E-state index contributed by atoms with van der Waals surface area (Å²) in [6.45, 7) is -1.08. The molecule has 1 heterocycles. The Morgan fingerprint density at radius 2 is 2.40 bits per heavy atom. The third-order valence-corrected chi connectivity index (χ3v) is 2.19. The Morgan fingerprint density at radius 3 is 2.93 bits per heavy atom. The second kappa shape index (κ2) is 5.24. The second-order valence-electron chi connectivity index (χ2n) is 2.59. The number of phosphoric acid groups is 1. The van der Waals surface area contributed by atoms with E-state index in [1.54, 1.807) is 0 Å². The fourth-order valence-corrected chi connectivity index (χ4v) is 1.40. The molecular weight excluding hydrogens is 227 g/mol. The molecule has 0 amide bonds. The number of hydrogen-bond donors (Lipinski definition) is 4. The number of imidazole rings is 1. The highest BCUT2D eigenvalue weighted by molar-refractivity contribution is 7.47. The molecule has 1 aromatic heterocycles. The highest BCUT2D eigenvalue weighted by Gasteiger charge is 2.25. The van der Waals surface area contributed by atoms with Crippen molar-refractivity contribution in [2.45, 2.75) is 6.10 Å². The molecule has 1 aromatic rings. The molecule has 2 unspecified atom stereocenters. The van der Waals surface area contributed by atoms with Crippen LogP contribution in [0.25, 0.3) is 0 Å². The lowest BCUT2D eigenvalue weighted by molar-refractivity contribution is 0.0427. The molecule has 0 aliphatic carbocycles. The van der Waals surface area contributed by atoms with E-state index in [1.165, 1.54) is 12.4 Å². The Bertz CT molecular complexity index is 328. The van der Waals surface area contributed by atoms with Crippen LogP contribution in [0.1, 0.15) is 0 Å². The van der Waals surface area contributed by atoms with Gasteiger partial charge in [-0.05, 0) is 0 Å². The minimum absolute atomic E-state index is 0.167. The van der Waals surface area contributed by atoms with Crippen LogP contribution in [0.3, 0.4) is 0 Å². The average Bonchev–Trinajstić information content (AvgIpc) is 2.66. The normalized spacial score (nSPS) is 17.0. The van der Waals surface area contributed by atoms with Crippen LogP contribution in [0, 0.1) is 0 Å². The van der Waals surface area contributed by atoms with Crippen LogP contribution < -0.4 is 4.52 Å². The summed E-state index contributed by atoms with van der Waals surface area (Å²) < 4.78 is 20.0. The number of aromatic nitrogens is 2. The minimum atomic E-state index is -4.31. The van der Waals surface area contributed by atoms with Crippen molar-refractivity contribution in [3.8, 4) is 6.01 Å². The Morgan fingerprint density at radius 1 is 1.67 bits per heavy atom. The number of aliphatic hydroxyl groups is 2. The number of H-pyrrole nitrogens is 1. The summed E-state index contributed by atoms with van der Waals surface area (Å²) in [6, 6.07) is -0.167. The lowest BCUT2D eigenvalue weighted by Crippen LogP contribution is -2.19. The lowest BCUT2D eigenvalue weighted by atomic mass is 10.4. The van der Waals surface area contributed by atoms with Gasteiger partial charge in [-0.1, -0.05) is 0 Å². The molecule has 0 aromatic carbocycles. The van der Waals surface area contributed by atoms with Gasteiger partial charge in [0.2, 0.25) is 0 Å². The number of aromatic amines is 1. The van der Waals surface area contributed by atoms with Gasteiger partial charge in [0.25, 0.3) is 0 Å². The van der Waals surface area contributed by atoms with Crippen molar-refractivity contribution in [1.82, 2.24) is 9.97 Å². The van der Waals surface area contributed by atoms with E-state index in [1.807, 2.05) is 0 Å². The molecule has 0 radical (unpaired) electrons. The van der Waals surface area contributed by atoms with Crippen LogP contribution >= 0.6 is 7.82 Å². The Hall–Kier alpha value is -0.920. The maximum Gasteiger partial charge on any atom is 0.529 e. The average molecular weight is 238 g/mol. The largest absolute Gasteiger partial charge is 0.529 e. The highest BCUT2D eigenvalue weighted by atomic mass is 31.2. The first-order chi connectivity index (χ1) is 7.03. The molecule has 2 atom stereocenters. The number of nitrogens with one attached hydrogen (secondary N) is 1. The third kappa shape index (κ3) is 4.41. The summed E-state index contributed by atoms with van der Waals surface area (Å²) in [4.78, 5) is 15.1. The molecule has 1 rings (SSSR count). The molecule has 0 fully saturated rings. The van der Waals surface area contributed by atoms with Gasteiger partial charge >= 0.3 is 13.8 Å². The molecule has 0 spiro atoms. The molecule has 0 bridgehead atoms. The molecule has 0 saturated heterocycles. The van der Waals surface area contributed by atoms with Gasteiger partial charge in [0, 0.05) is 12.4 Å². The van der Waals surface area contributed by atoms with Crippen molar-refractivity contribution in [2.75, 3.05) is 13.2 Å². The monoisotopic (exact) mass is 238 g/mol. The number of rotatable bonds is 6. The number of aliphatic hydroxyl groups excluding tert-OH is 2. The first-order valence-corrected chi connectivity index (χ1v) is 5.48. The quantitative estimate of drug-likeness (QED) is 0.481. The second-order valence-corrected chi connectivity index (χ2v) is 3.96. The van der Waals surface area contributed by atoms with Gasteiger partial charge in [-0.15, -0.1) is 0 Å². The van der Waals surface area contributed by atoms with Crippen molar-refractivity contribution in [3.63, 3.8) is 0 Å². The van der Waals surface area contributed by atoms with E-state index in [0.29, 0.717) is 0 Å². The fourth-order valence-electron chi connectivity index (χ4n) is 0.669. The van der Waals surface area contributed by atoms with Crippen LogP contribution in [0.2, 0.25) is 0 Å². The van der Waals surface area contributed by atoms with Crippen molar-refractivity contribution in [1.29, 1.82) is 0 Å². The van der Waals surface area contributed by atoms with Gasteiger partial charge in [0.05, 0.1) is 13.2 Å². The van der Waals surface area contributed by atoms with Crippen molar-refractivity contribution < 1.29 is 28.7 Å². The Balaban J connectivity index is 2.42. The standard InChI is InChI=1S/C6H11N2O6P/c9-3-5(10)4-13-15(11,12)14-6-7-1-2-8-6/h1-2,5,9-10H,3-4H2,(H,7,8)(H,11,12). The summed E-state index contributed by atoms with van der Waals surface area (Å²) in [5.74, 6) is 0. The Labute approximate surface area is 85.1 Å². The van der Waals surface area contributed by atoms with Crippen LogP contribution in [0.4, 0.5) is 0 Å². The summed E-state index contributed by atoms with van der Waals surface area (Å²) in [7, 11) is -4.31. The van der Waals surface area contributed by atoms with Gasteiger partial charge in [0.1, 0.15) is 6.10 Å². The first-order valence-electron chi connectivity index (χ1n) is 3.99. The fraction of sp³-hybridized carbons (Fsp3) is 0.500. The zero-order chi connectivity index (χ0) is 11.3. The molecule has 0 saturated carbocycles. The maximum atomic E-state index is 11.2. The number of nitrogens with zero attached hydrogens (tertiary/aromatic N) is 1. The summed E-state index contributed by atoms with van der Waals surface area (Å²) in [5, 5.41) is 17.3.